The molecule has 4 nitrogen and oxygen atoms in total. The zero-order valence-electron chi connectivity index (χ0n) is 5.58. The Balaban J connectivity index is -0.0000000180. The number of rotatable bonds is 0. The molecule has 0 aliphatic rings. The van der Waals surface area contributed by atoms with Crippen LogP contribution in [0.25, 0.3) is 0 Å². The molecule has 12 heavy (non-hydrogen) atoms. The van der Waals surface area contributed by atoms with E-state index in [0.29, 0.717) is 0 Å². The van der Waals surface area contributed by atoms with E-state index in [1.807, 2.05) is 0 Å². The van der Waals surface area contributed by atoms with Gasteiger partial charge in [-0.25, -0.2) is 0 Å². The van der Waals surface area contributed by atoms with Crippen LogP contribution in [-0.4, -0.2) is 21.9 Å². The van der Waals surface area contributed by atoms with Crippen molar-refractivity contribution in [1.82, 2.24) is 0 Å². The zero-order valence-corrected chi connectivity index (χ0v) is 13.7. The Labute approximate surface area is 114 Å². The second kappa shape index (κ2) is 7.50. The molecule has 12 heteroatoms. The van der Waals surface area contributed by atoms with Crippen molar-refractivity contribution in [3.8, 4) is 0 Å². The van der Waals surface area contributed by atoms with Crippen LogP contribution in [0.15, 0.2) is 0 Å². The zero-order chi connectivity index (χ0) is 6.41. The third kappa shape index (κ3) is 189. The molecule has 0 atom stereocenters. The summed E-state index contributed by atoms with van der Waals surface area (Å²) in [5.74, 6) is 0. The van der Waals surface area contributed by atoms with Crippen LogP contribution in [0.4, 0.5) is 0 Å². The fraction of sp³-hybridized carbons (Fsp3) is 0. The minimum atomic E-state index is -5.08. The van der Waals surface area contributed by atoms with E-state index >= 15 is 0 Å². The molecule has 0 aromatic heterocycles. The molecule has 0 rings (SSSR count). The summed E-state index contributed by atoms with van der Waals surface area (Å²) in [6.07, 6.45) is 0. The van der Waals surface area contributed by atoms with Gasteiger partial charge in [-0.3, -0.25) is 0 Å². The van der Waals surface area contributed by atoms with E-state index in [4.69, 9.17) is 57.2 Å². The summed E-state index contributed by atoms with van der Waals surface area (Å²) in [5, 5.41) is 0. The van der Waals surface area contributed by atoms with E-state index in [-0.39, 0.29) is 51.5 Å². The van der Waals surface area contributed by atoms with Gasteiger partial charge in [-0.05, 0) is 0 Å². The van der Waals surface area contributed by atoms with Gasteiger partial charge in [0.05, 0.1) is 0 Å². The van der Waals surface area contributed by atoms with Crippen molar-refractivity contribution in [2.75, 3.05) is 0 Å². The topological polar surface area (TPSA) is 126 Å². The predicted octanol–water partition coefficient (Wildman–Crippen LogP) is -2.16. The van der Waals surface area contributed by atoms with Gasteiger partial charge in [0.25, 0.3) is 0 Å². The van der Waals surface area contributed by atoms with Crippen molar-refractivity contribution in [2.45, 2.75) is 0 Å². The smallest absolute Gasteiger partial charge is 1.00 e. The van der Waals surface area contributed by atoms with E-state index < -0.39 is 6.97 Å². The first-order valence-electron chi connectivity index (χ1n) is 0.717. The van der Waals surface area contributed by atoms with Gasteiger partial charge in [0.15, 0.2) is 0 Å². The van der Waals surface area contributed by atoms with Crippen LogP contribution >= 0.6 is 57.2 Å². The van der Waals surface area contributed by atoms with Crippen LogP contribution in [-0.2, 0) is 6.97 Å². The summed E-state index contributed by atoms with van der Waals surface area (Å²) >= 11 is 0. The molecule has 0 fully saturated rings. The monoisotopic (exact) mass is 411 g/mol. The molecule has 0 saturated carbocycles. The maximum Gasteiger partial charge on any atom is 1.00 e. The molecular weight excluding hydrogens is 406 g/mol. The minimum Gasteiger partial charge on any atom is 1.00 e. The minimum absolute atomic E-state index is 0. The van der Waals surface area contributed by atoms with Crippen molar-refractivity contribution in [3.63, 3.8) is 0 Å². The molecule has 0 aliphatic heterocycles. The third-order valence-electron chi connectivity index (χ3n) is 0. The predicted molar refractivity (Wildman–Crippen MR) is 49.6 cm³/mol. The van der Waals surface area contributed by atoms with Gasteiger partial charge >= 0.3 is 93.7 Å². The Hall–Kier alpha value is 3.24. The average molecular weight is 414 g/mol. The molecule has 0 unspecified atom stereocenters. The maximum atomic E-state index is 5.03. The van der Waals surface area contributed by atoms with Gasteiger partial charge in [0, 0.05) is 0 Å². The standard InChI is InChI=1S/6ClH.Na.4H2O.Pd/h6*1H;;4*1H2;/q;;;;;;+1;;;;;+5/p-6. The summed E-state index contributed by atoms with van der Waals surface area (Å²) in [6.45, 7) is -5.08. The molecule has 0 radical (unpaired) electrons. The summed E-state index contributed by atoms with van der Waals surface area (Å²) in [7, 11) is 30.2. The fourth-order valence-corrected chi connectivity index (χ4v) is 0. The van der Waals surface area contributed by atoms with Gasteiger partial charge in [-0.15, -0.1) is 0 Å². The van der Waals surface area contributed by atoms with E-state index in [0.717, 1.165) is 0 Å². The Kier molecular flexibility index (Phi) is 22.6. The normalized spacial score (nSPS) is 13.5. The van der Waals surface area contributed by atoms with Gasteiger partial charge < -0.3 is 21.9 Å². The molecule has 0 aliphatic carbocycles. The average Bonchev–Trinajstić information content (AvgIpc) is 0.592. The molecular formula is H8Cl6NaO4Pd. The molecule has 8 N–H and O–H groups in total. The van der Waals surface area contributed by atoms with Gasteiger partial charge in [0.1, 0.15) is 0 Å². The maximum absolute atomic E-state index is 5.08. The van der Waals surface area contributed by atoms with Crippen LogP contribution in [0.2, 0.25) is 0 Å². The van der Waals surface area contributed by atoms with E-state index in [1.165, 1.54) is 0 Å². The van der Waals surface area contributed by atoms with E-state index in [1.54, 1.807) is 0 Å². The number of hydrogen-bond acceptors (Lipinski definition) is 0. The second-order valence-corrected chi connectivity index (χ2v) is 36.1. The summed E-state index contributed by atoms with van der Waals surface area (Å²) in [4.78, 5) is 0. The fourth-order valence-electron chi connectivity index (χ4n) is 0. The Morgan fingerprint density at radius 1 is 0.500 bits per heavy atom. The molecule has 0 spiro atoms. The molecule has 0 aromatic carbocycles. The summed E-state index contributed by atoms with van der Waals surface area (Å²) in [6, 6.07) is 0. The van der Waals surface area contributed by atoms with Crippen molar-refractivity contribution in [2.24, 2.45) is 0 Å². The molecule has 0 amide bonds. The molecule has 0 aromatic rings. The molecule has 0 bridgehead atoms. The van der Waals surface area contributed by atoms with Crippen molar-refractivity contribution < 1.29 is 58.4 Å². The van der Waals surface area contributed by atoms with Crippen molar-refractivity contribution in [3.05, 3.63) is 0 Å². The van der Waals surface area contributed by atoms with E-state index in [2.05, 4.69) is 0 Å². The largest absolute Gasteiger partial charge is 1.00 e. The molecule has 85 valence electrons. The van der Waals surface area contributed by atoms with Crippen LogP contribution < -0.4 is 29.6 Å². The van der Waals surface area contributed by atoms with Crippen LogP contribution in [0, 0.1) is 0 Å². The Morgan fingerprint density at radius 3 is 0.500 bits per heavy atom. The Bertz CT molecular complexity index is 78.1. The first-order valence-corrected chi connectivity index (χ1v) is 12.7. The quantitative estimate of drug-likeness (QED) is 0.401. The van der Waals surface area contributed by atoms with Crippen LogP contribution in [0.5, 0.6) is 0 Å². The number of halogens is 6. The van der Waals surface area contributed by atoms with Gasteiger partial charge in [0.2, 0.25) is 0 Å². The molecule has 0 heterocycles. The van der Waals surface area contributed by atoms with Crippen molar-refractivity contribution in [1.29, 1.82) is 0 Å². The first kappa shape index (κ1) is 36.2. The second-order valence-electron chi connectivity index (χ2n) is 0.678. The summed E-state index contributed by atoms with van der Waals surface area (Å²) < 4.78 is 0. The summed E-state index contributed by atoms with van der Waals surface area (Å²) in [5.41, 5.74) is 0. The Morgan fingerprint density at radius 2 is 0.500 bits per heavy atom. The SMILES string of the molecule is O.O.O.O.[Cl][Pd-]([Cl])([Cl])([Cl])([Cl])[Cl].[Na+]. The van der Waals surface area contributed by atoms with Gasteiger partial charge in [-0.2, -0.15) is 0 Å². The first-order chi connectivity index (χ1) is 2.45. The number of hydrogen-bond donors (Lipinski definition) is 0. The molecule has 0 saturated heterocycles. The van der Waals surface area contributed by atoms with Crippen LogP contribution in [0.3, 0.4) is 0 Å². The van der Waals surface area contributed by atoms with E-state index in [9.17, 15) is 0 Å². The van der Waals surface area contributed by atoms with Crippen molar-refractivity contribution >= 4 is 57.2 Å². The van der Waals surface area contributed by atoms with Gasteiger partial charge in [-0.1, -0.05) is 0 Å². The van der Waals surface area contributed by atoms with Crippen LogP contribution in [0.1, 0.15) is 0 Å². The third-order valence-corrected chi connectivity index (χ3v) is 0.